The molecule has 0 aliphatic heterocycles. The lowest BCUT2D eigenvalue weighted by molar-refractivity contribution is 0.419. The van der Waals surface area contributed by atoms with Crippen molar-refractivity contribution in [2.75, 3.05) is 7.11 Å². The fourth-order valence-corrected chi connectivity index (χ4v) is 2.34. The summed E-state index contributed by atoms with van der Waals surface area (Å²) in [6.45, 7) is 4.43. The van der Waals surface area contributed by atoms with Gasteiger partial charge in [-0.05, 0) is 24.5 Å². The largest absolute Gasteiger partial charge is 0.494 e. The second-order valence-corrected chi connectivity index (χ2v) is 5.56. The highest BCUT2D eigenvalue weighted by molar-refractivity contribution is 5.86. The summed E-state index contributed by atoms with van der Waals surface area (Å²) < 4.78 is 10.8. The Morgan fingerprint density at radius 3 is 2.86 bits per heavy atom. The summed E-state index contributed by atoms with van der Waals surface area (Å²) in [5, 5.41) is 0. The van der Waals surface area contributed by atoms with Crippen LogP contribution in [0.3, 0.4) is 0 Å². The summed E-state index contributed by atoms with van der Waals surface area (Å²) in [7, 11) is 1.65. The molecule has 0 aliphatic rings. The minimum absolute atomic E-state index is 0.657. The number of rotatable bonds is 5. The highest BCUT2D eigenvalue weighted by Crippen LogP contribution is 2.31. The first-order valence-corrected chi connectivity index (χ1v) is 7.13. The number of H-pyrrole nitrogens is 1. The Balaban J connectivity index is 2.02. The zero-order chi connectivity index (χ0) is 14.8. The highest BCUT2D eigenvalue weighted by atomic mass is 16.5. The second-order valence-electron chi connectivity index (χ2n) is 5.56. The van der Waals surface area contributed by atoms with Crippen LogP contribution in [0.2, 0.25) is 0 Å². The maximum atomic E-state index is 5.46. The van der Waals surface area contributed by atoms with E-state index in [4.69, 9.17) is 9.15 Å². The molecule has 0 bridgehead atoms. The van der Waals surface area contributed by atoms with E-state index in [1.54, 1.807) is 13.3 Å². The second kappa shape index (κ2) is 5.60. The van der Waals surface area contributed by atoms with Gasteiger partial charge in [-0.2, -0.15) is 0 Å². The average Bonchev–Trinajstić information content (AvgIpc) is 3.12. The molecule has 1 N–H and O–H groups in total. The van der Waals surface area contributed by atoms with Crippen LogP contribution in [0.25, 0.3) is 22.4 Å². The molecule has 0 saturated carbocycles. The van der Waals surface area contributed by atoms with E-state index in [0.29, 0.717) is 11.7 Å². The molecular weight excluding hydrogens is 266 g/mol. The summed E-state index contributed by atoms with van der Waals surface area (Å²) in [5.74, 6) is 3.11. The third-order valence-electron chi connectivity index (χ3n) is 3.50. The first-order chi connectivity index (χ1) is 10.2. The number of benzene rings is 1. The Morgan fingerprint density at radius 2 is 2.19 bits per heavy atom. The lowest BCUT2D eigenvalue weighted by Gasteiger charge is -2.03. The van der Waals surface area contributed by atoms with Crippen molar-refractivity contribution in [2.24, 2.45) is 5.92 Å². The molecule has 0 atom stereocenters. The van der Waals surface area contributed by atoms with Crippen LogP contribution in [-0.2, 0) is 6.42 Å². The van der Waals surface area contributed by atoms with Crippen LogP contribution >= 0.6 is 0 Å². The highest BCUT2D eigenvalue weighted by Gasteiger charge is 2.13. The van der Waals surface area contributed by atoms with Gasteiger partial charge in [-0.25, -0.2) is 9.97 Å². The van der Waals surface area contributed by atoms with Crippen LogP contribution in [0.4, 0.5) is 0 Å². The molecule has 2 heterocycles. The SMILES string of the molecule is COc1cc(-c2cnco2)cc2[nH]c(CCC(C)C)nc12. The van der Waals surface area contributed by atoms with Crippen LogP contribution < -0.4 is 4.74 Å². The number of ether oxygens (including phenoxy) is 1. The molecule has 0 aliphatic carbocycles. The van der Waals surface area contributed by atoms with Crippen molar-refractivity contribution in [3.8, 4) is 17.1 Å². The molecule has 0 radical (unpaired) electrons. The molecule has 0 fully saturated rings. The van der Waals surface area contributed by atoms with Crippen LogP contribution in [0.15, 0.2) is 29.1 Å². The first kappa shape index (κ1) is 13.7. The van der Waals surface area contributed by atoms with E-state index in [2.05, 4.69) is 28.8 Å². The molecule has 1 aromatic carbocycles. The molecule has 0 saturated heterocycles. The van der Waals surface area contributed by atoms with E-state index in [-0.39, 0.29) is 0 Å². The zero-order valence-corrected chi connectivity index (χ0v) is 12.5. The number of aromatic amines is 1. The maximum Gasteiger partial charge on any atom is 0.181 e. The van der Waals surface area contributed by atoms with Gasteiger partial charge in [0.2, 0.25) is 0 Å². The Bertz CT molecular complexity index is 729. The summed E-state index contributed by atoms with van der Waals surface area (Å²) in [6.07, 6.45) is 5.16. The molecule has 0 amide bonds. The number of nitrogens with zero attached hydrogens (tertiary/aromatic N) is 2. The van der Waals surface area contributed by atoms with Crippen LogP contribution in [0.1, 0.15) is 26.1 Å². The van der Waals surface area contributed by atoms with Crippen molar-refractivity contribution in [1.29, 1.82) is 0 Å². The first-order valence-electron chi connectivity index (χ1n) is 7.13. The number of fused-ring (bicyclic) bond motifs is 1. The molecule has 110 valence electrons. The van der Waals surface area contributed by atoms with Crippen molar-refractivity contribution in [3.63, 3.8) is 0 Å². The number of aryl methyl sites for hydroxylation is 1. The Labute approximate surface area is 123 Å². The van der Waals surface area contributed by atoms with Gasteiger partial charge in [0.05, 0.1) is 18.8 Å². The van der Waals surface area contributed by atoms with Crippen LogP contribution in [0.5, 0.6) is 5.75 Å². The molecular formula is C16H19N3O2. The van der Waals surface area contributed by atoms with Crippen molar-refractivity contribution in [2.45, 2.75) is 26.7 Å². The predicted molar refractivity (Wildman–Crippen MR) is 81.3 cm³/mol. The lowest BCUT2D eigenvalue weighted by atomic mass is 10.1. The van der Waals surface area contributed by atoms with E-state index in [1.165, 1.54) is 6.39 Å². The maximum absolute atomic E-state index is 5.46. The van der Waals surface area contributed by atoms with Gasteiger partial charge in [0.15, 0.2) is 12.2 Å². The molecule has 3 rings (SSSR count). The quantitative estimate of drug-likeness (QED) is 0.774. The monoisotopic (exact) mass is 285 g/mol. The summed E-state index contributed by atoms with van der Waals surface area (Å²) in [4.78, 5) is 12.0. The smallest absolute Gasteiger partial charge is 0.181 e. The topological polar surface area (TPSA) is 63.9 Å². The number of oxazole rings is 1. The van der Waals surface area contributed by atoms with Gasteiger partial charge in [0.1, 0.15) is 17.1 Å². The van der Waals surface area contributed by atoms with Crippen molar-refractivity contribution in [3.05, 3.63) is 30.5 Å². The summed E-state index contributed by atoms with van der Waals surface area (Å²) in [5.41, 5.74) is 2.75. The van der Waals surface area contributed by atoms with E-state index >= 15 is 0 Å². The molecule has 0 spiro atoms. The average molecular weight is 285 g/mol. The van der Waals surface area contributed by atoms with E-state index in [9.17, 15) is 0 Å². The normalized spacial score (nSPS) is 11.4. The van der Waals surface area contributed by atoms with Gasteiger partial charge >= 0.3 is 0 Å². The minimum atomic E-state index is 0.657. The Morgan fingerprint density at radius 1 is 1.33 bits per heavy atom. The lowest BCUT2D eigenvalue weighted by Crippen LogP contribution is -1.93. The molecule has 3 aromatic rings. The number of hydrogen-bond acceptors (Lipinski definition) is 4. The van der Waals surface area contributed by atoms with Crippen LogP contribution in [0, 0.1) is 5.92 Å². The summed E-state index contributed by atoms with van der Waals surface area (Å²) in [6, 6.07) is 3.94. The number of imidazole rings is 1. The molecule has 2 aromatic heterocycles. The van der Waals surface area contributed by atoms with Gasteiger partial charge < -0.3 is 14.1 Å². The van der Waals surface area contributed by atoms with E-state index in [0.717, 1.165) is 41.0 Å². The van der Waals surface area contributed by atoms with Gasteiger partial charge in [-0.1, -0.05) is 13.8 Å². The minimum Gasteiger partial charge on any atom is -0.494 e. The van der Waals surface area contributed by atoms with E-state index in [1.807, 2.05) is 12.1 Å². The number of aromatic nitrogens is 3. The third-order valence-corrected chi connectivity index (χ3v) is 3.50. The standard InChI is InChI=1S/C16H19N3O2/c1-10(2)4-5-15-18-12-6-11(14-8-17-9-21-14)7-13(20-3)16(12)19-15/h6-10H,4-5H2,1-3H3,(H,18,19). The zero-order valence-electron chi connectivity index (χ0n) is 12.5. The van der Waals surface area contributed by atoms with Crippen molar-refractivity contribution < 1.29 is 9.15 Å². The van der Waals surface area contributed by atoms with Crippen LogP contribution in [-0.4, -0.2) is 22.1 Å². The molecule has 5 heteroatoms. The third kappa shape index (κ3) is 2.77. The van der Waals surface area contributed by atoms with Gasteiger partial charge in [-0.15, -0.1) is 0 Å². The fourth-order valence-electron chi connectivity index (χ4n) is 2.34. The number of hydrogen-bond donors (Lipinski definition) is 1. The van der Waals surface area contributed by atoms with Crippen molar-refractivity contribution in [1.82, 2.24) is 15.0 Å². The van der Waals surface area contributed by atoms with Crippen molar-refractivity contribution >= 4 is 11.0 Å². The van der Waals surface area contributed by atoms with Gasteiger partial charge in [0.25, 0.3) is 0 Å². The Hall–Kier alpha value is -2.30. The molecule has 21 heavy (non-hydrogen) atoms. The number of methoxy groups -OCH3 is 1. The van der Waals surface area contributed by atoms with Gasteiger partial charge in [-0.3, -0.25) is 0 Å². The van der Waals surface area contributed by atoms with Gasteiger partial charge in [0, 0.05) is 12.0 Å². The fraction of sp³-hybridized carbons (Fsp3) is 0.375. The van der Waals surface area contributed by atoms with E-state index < -0.39 is 0 Å². The number of nitrogens with one attached hydrogen (secondary N) is 1. The predicted octanol–water partition coefficient (Wildman–Crippen LogP) is 3.82. The Kier molecular flexibility index (Phi) is 3.64. The molecule has 5 nitrogen and oxygen atoms in total. The molecule has 0 unspecified atom stereocenters. The summed E-state index contributed by atoms with van der Waals surface area (Å²) >= 11 is 0.